The molecule has 0 aliphatic rings. The Morgan fingerprint density at radius 2 is 1.00 bits per heavy atom. The van der Waals surface area contributed by atoms with E-state index < -0.39 is 5.97 Å². The van der Waals surface area contributed by atoms with E-state index >= 15 is 0 Å². The van der Waals surface area contributed by atoms with Crippen LogP contribution in [0.25, 0.3) is 0 Å². The molecule has 0 saturated heterocycles. The highest BCUT2D eigenvalue weighted by atomic mass is 16.4. The maximum absolute atomic E-state index is 10.3. The molecule has 0 aromatic heterocycles. The molecule has 0 radical (unpaired) electrons. The quantitative estimate of drug-likeness (QED) is 0.327. The van der Waals surface area contributed by atoms with Crippen LogP contribution in [-0.2, 0) is 4.79 Å². The van der Waals surface area contributed by atoms with Crippen molar-refractivity contribution in [2.75, 3.05) is 0 Å². The second-order valence-corrected chi connectivity index (χ2v) is 5.39. The highest BCUT2D eigenvalue weighted by Gasteiger charge is 1.96. The lowest BCUT2D eigenvalue weighted by Crippen LogP contribution is -1.93. The monoisotopic (exact) mass is 257 g/mol. The molecule has 0 aromatic carbocycles. The average Bonchev–Trinajstić information content (AvgIpc) is 2.34. The number of unbranched alkanes of at least 4 members (excludes halogenated alkanes) is 12. The van der Waals surface area contributed by atoms with E-state index in [1.165, 1.54) is 70.6 Å². The first-order valence-electron chi connectivity index (χ1n) is 7.99. The predicted octanol–water partition coefficient (Wildman–Crippen LogP) is 5.55. The third-order valence-electron chi connectivity index (χ3n) is 3.49. The van der Waals surface area contributed by atoms with Crippen LogP contribution in [0.2, 0.25) is 0 Å². The largest absolute Gasteiger partial charge is 0.481 e. The minimum absolute atomic E-state index is 0.345. The van der Waals surface area contributed by atoms with E-state index in [1.54, 1.807) is 0 Å². The molecular weight excluding hydrogens is 225 g/mol. The standard InChI is InChI=1S/C16H32O2/c1-2-3-4-5-6-7-8-9-10-11-12-13-14-15-16(17)18/h2-15H2,1H3,(H,17,18)/i12+1. The molecule has 0 aliphatic carbocycles. The van der Waals surface area contributed by atoms with Crippen LogP contribution in [0.4, 0.5) is 0 Å². The number of carbonyl (C=O) groups is 1. The van der Waals surface area contributed by atoms with Crippen molar-refractivity contribution >= 4 is 5.97 Å². The maximum atomic E-state index is 10.3. The molecule has 2 heteroatoms. The fourth-order valence-corrected chi connectivity index (χ4v) is 2.29. The molecule has 0 saturated carbocycles. The third kappa shape index (κ3) is 15.5. The molecular formula is C16H32O2. The van der Waals surface area contributed by atoms with Crippen LogP contribution in [0.5, 0.6) is 0 Å². The summed E-state index contributed by atoms with van der Waals surface area (Å²) in [5.74, 6) is -0.655. The first-order chi connectivity index (χ1) is 8.77. The normalized spacial score (nSPS) is 10.7. The van der Waals surface area contributed by atoms with Crippen LogP contribution < -0.4 is 0 Å². The summed E-state index contributed by atoms with van der Waals surface area (Å²) in [6.07, 6.45) is 17.3. The highest BCUT2D eigenvalue weighted by molar-refractivity contribution is 5.66. The van der Waals surface area contributed by atoms with Crippen LogP contribution in [0.3, 0.4) is 0 Å². The molecule has 0 aliphatic heterocycles. The summed E-state index contributed by atoms with van der Waals surface area (Å²) in [5.41, 5.74) is 0. The van der Waals surface area contributed by atoms with Gasteiger partial charge < -0.3 is 5.11 Å². The van der Waals surface area contributed by atoms with Gasteiger partial charge in [-0.25, -0.2) is 0 Å². The summed E-state index contributed by atoms with van der Waals surface area (Å²) >= 11 is 0. The SMILES string of the molecule is CCCCCCCCCCC[13CH2]CCCC(=O)O. The Bertz CT molecular complexity index is 178. The fraction of sp³-hybridized carbons (Fsp3) is 0.938. The lowest BCUT2D eigenvalue weighted by Gasteiger charge is -2.02. The van der Waals surface area contributed by atoms with Crippen molar-refractivity contribution in [1.82, 2.24) is 0 Å². The Kier molecular flexibility index (Phi) is 14.1. The zero-order valence-electron chi connectivity index (χ0n) is 12.3. The molecule has 108 valence electrons. The van der Waals surface area contributed by atoms with E-state index in [2.05, 4.69) is 6.92 Å². The van der Waals surface area contributed by atoms with Gasteiger partial charge in [0, 0.05) is 6.42 Å². The van der Waals surface area contributed by atoms with Gasteiger partial charge in [0.25, 0.3) is 0 Å². The smallest absolute Gasteiger partial charge is 0.303 e. The summed E-state index contributed by atoms with van der Waals surface area (Å²) in [6.45, 7) is 2.26. The number of rotatable bonds is 14. The molecule has 1 N–H and O–H groups in total. The van der Waals surface area contributed by atoms with Crippen molar-refractivity contribution in [2.24, 2.45) is 0 Å². The second-order valence-electron chi connectivity index (χ2n) is 5.39. The molecule has 0 amide bonds. The minimum Gasteiger partial charge on any atom is -0.481 e. The molecule has 0 heterocycles. The van der Waals surface area contributed by atoms with Gasteiger partial charge in [-0.05, 0) is 6.42 Å². The highest BCUT2D eigenvalue weighted by Crippen LogP contribution is 2.12. The fourth-order valence-electron chi connectivity index (χ4n) is 2.29. The number of aliphatic carboxylic acids is 1. The van der Waals surface area contributed by atoms with Crippen molar-refractivity contribution in [3.05, 3.63) is 0 Å². The Labute approximate surface area is 113 Å². The number of carboxylic acid groups (broad SMARTS) is 1. The van der Waals surface area contributed by atoms with Gasteiger partial charge in [0.2, 0.25) is 0 Å². The Balaban J connectivity index is 2.92. The van der Waals surface area contributed by atoms with Crippen LogP contribution in [0.15, 0.2) is 0 Å². The van der Waals surface area contributed by atoms with Gasteiger partial charge in [-0.15, -0.1) is 0 Å². The lowest BCUT2D eigenvalue weighted by atomic mass is 10.1. The summed E-state index contributed by atoms with van der Waals surface area (Å²) in [4.78, 5) is 10.3. The van der Waals surface area contributed by atoms with Crippen LogP contribution in [-0.4, -0.2) is 11.1 Å². The van der Waals surface area contributed by atoms with Crippen molar-refractivity contribution in [2.45, 2.75) is 96.8 Å². The first-order valence-corrected chi connectivity index (χ1v) is 7.99. The van der Waals surface area contributed by atoms with Gasteiger partial charge in [-0.1, -0.05) is 84.0 Å². The van der Waals surface area contributed by atoms with Gasteiger partial charge in [0.1, 0.15) is 0 Å². The predicted molar refractivity (Wildman–Crippen MR) is 77.9 cm³/mol. The van der Waals surface area contributed by atoms with E-state index in [0.717, 1.165) is 12.8 Å². The van der Waals surface area contributed by atoms with E-state index in [0.29, 0.717) is 6.42 Å². The van der Waals surface area contributed by atoms with E-state index in [9.17, 15) is 4.79 Å². The zero-order valence-corrected chi connectivity index (χ0v) is 12.3. The van der Waals surface area contributed by atoms with Crippen molar-refractivity contribution in [1.29, 1.82) is 0 Å². The minimum atomic E-state index is -0.655. The van der Waals surface area contributed by atoms with Crippen molar-refractivity contribution in [3.63, 3.8) is 0 Å². The summed E-state index contributed by atoms with van der Waals surface area (Å²) < 4.78 is 0. The summed E-state index contributed by atoms with van der Waals surface area (Å²) in [5, 5.41) is 8.49. The maximum Gasteiger partial charge on any atom is 0.303 e. The van der Waals surface area contributed by atoms with Crippen molar-refractivity contribution in [3.8, 4) is 0 Å². The van der Waals surface area contributed by atoms with Gasteiger partial charge in [-0.2, -0.15) is 0 Å². The molecule has 0 unspecified atom stereocenters. The molecule has 2 nitrogen and oxygen atoms in total. The van der Waals surface area contributed by atoms with E-state index in [1.807, 2.05) is 0 Å². The van der Waals surface area contributed by atoms with Gasteiger partial charge in [0.05, 0.1) is 0 Å². The Morgan fingerprint density at radius 3 is 1.33 bits per heavy atom. The molecule has 0 bridgehead atoms. The van der Waals surface area contributed by atoms with Crippen LogP contribution in [0.1, 0.15) is 96.8 Å². The number of hydrogen-bond acceptors (Lipinski definition) is 1. The topological polar surface area (TPSA) is 37.3 Å². The molecule has 0 rings (SSSR count). The Morgan fingerprint density at radius 1 is 0.667 bits per heavy atom. The molecule has 0 atom stereocenters. The number of hydrogen-bond donors (Lipinski definition) is 1. The molecule has 0 spiro atoms. The summed E-state index contributed by atoms with van der Waals surface area (Å²) in [7, 11) is 0. The molecule has 0 fully saturated rings. The van der Waals surface area contributed by atoms with E-state index in [-0.39, 0.29) is 0 Å². The first kappa shape index (κ1) is 17.5. The Hall–Kier alpha value is -0.530. The van der Waals surface area contributed by atoms with E-state index in [4.69, 9.17) is 5.11 Å². The van der Waals surface area contributed by atoms with Gasteiger partial charge in [0.15, 0.2) is 0 Å². The zero-order chi connectivity index (χ0) is 13.5. The van der Waals surface area contributed by atoms with Gasteiger partial charge >= 0.3 is 5.97 Å². The van der Waals surface area contributed by atoms with Crippen LogP contribution >= 0.6 is 0 Å². The van der Waals surface area contributed by atoms with Gasteiger partial charge in [-0.3, -0.25) is 4.79 Å². The third-order valence-corrected chi connectivity index (χ3v) is 3.49. The second kappa shape index (κ2) is 14.5. The van der Waals surface area contributed by atoms with Crippen molar-refractivity contribution < 1.29 is 9.90 Å². The average molecular weight is 257 g/mol. The van der Waals surface area contributed by atoms with Crippen LogP contribution in [0, 0.1) is 0 Å². The molecule has 18 heavy (non-hydrogen) atoms. The number of carboxylic acids is 1. The molecule has 0 aromatic rings. The lowest BCUT2D eigenvalue weighted by molar-refractivity contribution is -0.137. The summed E-state index contributed by atoms with van der Waals surface area (Å²) in [6, 6.07) is 0.